The van der Waals surface area contributed by atoms with Crippen molar-refractivity contribution < 1.29 is 14.6 Å². The second kappa shape index (κ2) is 6.06. The second-order valence-corrected chi connectivity index (χ2v) is 6.14. The van der Waals surface area contributed by atoms with Crippen molar-refractivity contribution in [3.05, 3.63) is 29.8 Å². The zero-order valence-electron chi connectivity index (χ0n) is 12.3. The van der Waals surface area contributed by atoms with Crippen LogP contribution in [0, 0.1) is 0 Å². The fraction of sp³-hybridized carbons (Fsp3) is 0.588. The lowest BCUT2D eigenvalue weighted by Gasteiger charge is -2.38. The number of nitrogens with one attached hydrogen (secondary N) is 1. The Bertz CT molecular complexity index is 509. The summed E-state index contributed by atoms with van der Waals surface area (Å²) < 4.78 is 5.64. The predicted octanol–water partition coefficient (Wildman–Crippen LogP) is 3.06. The van der Waals surface area contributed by atoms with E-state index in [0.29, 0.717) is 18.8 Å². The molecular weight excluding hydrogens is 266 g/mol. The number of carboxylic acids is 1. The van der Waals surface area contributed by atoms with E-state index >= 15 is 0 Å². The fourth-order valence-corrected chi connectivity index (χ4v) is 3.60. The highest BCUT2D eigenvalue weighted by Gasteiger charge is 2.45. The number of para-hydroxylation sites is 1. The molecule has 1 aliphatic heterocycles. The van der Waals surface area contributed by atoms with Gasteiger partial charge in [0.2, 0.25) is 0 Å². The highest BCUT2D eigenvalue weighted by Crippen LogP contribution is 2.38. The number of benzene rings is 1. The molecule has 1 unspecified atom stereocenters. The Morgan fingerprint density at radius 1 is 1.19 bits per heavy atom. The van der Waals surface area contributed by atoms with Crippen LogP contribution in [-0.4, -0.2) is 23.7 Å². The van der Waals surface area contributed by atoms with Crippen LogP contribution in [0.1, 0.15) is 50.5 Å². The van der Waals surface area contributed by atoms with E-state index in [4.69, 9.17) is 4.74 Å². The first-order valence-corrected chi connectivity index (χ1v) is 7.96. The van der Waals surface area contributed by atoms with E-state index in [1.54, 1.807) is 0 Å². The molecule has 1 atom stereocenters. The second-order valence-electron chi connectivity index (χ2n) is 6.14. The molecule has 3 rings (SSSR count). The van der Waals surface area contributed by atoms with Crippen molar-refractivity contribution in [1.29, 1.82) is 0 Å². The molecule has 2 aliphatic rings. The molecule has 114 valence electrons. The lowest BCUT2D eigenvalue weighted by molar-refractivity contribution is -0.147. The van der Waals surface area contributed by atoms with Crippen molar-refractivity contribution in [2.45, 2.75) is 56.5 Å². The minimum absolute atomic E-state index is 0.287. The van der Waals surface area contributed by atoms with E-state index in [2.05, 4.69) is 5.32 Å². The van der Waals surface area contributed by atoms with E-state index in [-0.39, 0.29) is 6.04 Å². The highest BCUT2D eigenvalue weighted by atomic mass is 16.5. The number of rotatable bonds is 3. The summed E-state index contributed by atoms with van der Waals surface area (Å²) in [5.74, 6) is -0.0882. The standard InChI is InChI=1S/C17H23NO3/c19-16(20)17(18-13-7-3-1-2-4-8-13)11-12-21-15-10-6-5-9-14(15)17/h5-6,9-10,13,18H,1-4,7-8,11-12H2,(H,19,20). The Balaban J connectivity index is 1.92. The molecule has 0 saturated heterocycles. The largest absolute Gasteiger partial charge is 0.493 e. The van der Waals surface area contributed by atoms with Gasteiger partial charge in [-0.05, 0) is 18.9 Å². The topological polar surface area (TPSA) is 58.6 Å². The van der Waals surface area contributed by atoms with E-state index in [9.17, 15) is 9.90 Å². The van der Waals surface area contributed by atoms with Crippen LogP contribution >= 0.6 is 0 Å². The lowest BCUT2D eigenvalue weighted by atomic mass is 9.83. The maximum absolute atomic E-state index is 12.1. The minimum atomic E-state index is -0.996. The first-order valence-electron chi connectivity index (χ1n) is 7.96. The van der Waals surface area contributed by atoms with Crippen molar-refractivity contribution >= 4 is 5.97 Å². The molecule has 1 saturated carbocycles. The molecule has 4 heteroatoms. The first kappa shape index (κ1) is 14.4. The van der Waals surface area contributed by atoms with Gasteiger partial charge in [-0.15, -0.1) is 0 Å². The zero-order chi connectivity index (χ0) is 14.7. The van der Waals surface area contributed by atoms with Crippen LogP contribution in [0.5, 0.6) is 5.75 Å². The van der Waals surface area contributed by atoms with Crippen molar-refractivity contribution in [1.82, 2.24) is 5.32 Å². The number of carbonyl (C=O) groups is 1. The van der Waals surface area contributed by atoms with Gasteiger partial charge in [0, 0.05) is 18.0 Å². The summed E-state index contributed by atoms with van der Waals surface area (Å²) in [4.78, 5) is 12.1. The molecule has 21 heavy (non-hydrogen) atoms. The number of ether oxygens (including phenoxy) is 1. The van der Waals surface area contributed by atoms with Crippen molar-refractivity contribution in [3.8, 4) is 5.75 Å². The molecule has 0 aromatic heterocycles. The summed E-state index contributed by atoms with van der Waals surface area (Å²) in [6.07, 6.45) is 7.51. The number of hydrogen-bond acceptors (Lipinski definition) is 3. The van der Waals surface area contributed by atoms with Crippen LogP contribution in [0.3, 0.4) is 0 Å². The van der Waals surface area contributed by atoms with Gasteiger partial charge in [-0.3, -0.25) is 5.32 Å². The maximum atomic E-state index is 12.1. The average molecular weight is 289 g/mol. The maximum Gasteiger partial charge on any atom is 0.328 e. The Kier molecular flexibility index (Phi) is 4.15. The summed E-state index contributed by atoms with van der Waals surface area (Å²) in [6.45, 7) is 0.447. The summed E-state index contributed by atoms with van der Waals surface area (Å²) >= 11 is 0. The molecule has 1 aromatic carbocycles. The van der Waals surface area contributed by atoms with E-state index in [1.807, 2.05) is 24.3 Å². The quantitative estimate of drug-likeness (QED) is 0.840. The average Bonchev–Trinajstić information content (AvgIpc) is 2.76. The molecule has 1 heterocycles. The molecule has 2 N–H and O–H groups in total. The SMILES string of the molecule is O=C(O)C1(NC2CCCCCC2)CCOc2ccccc21. The number of fused-ring (bicyclic) bond motifs is 1. The molecule has 1 fully saturated rings. The Hall–Kier alpha value is -1.55. The van der Waals surface area contributed by atoms with Crippen molar-refractivity contribution in [2.75, 3.05) is 6.61 Å². The normalized spacial score (nSPS) is 26.5. The fourth-order valence-electron chi connectivity index (χ4n) is 3.60. The first-order chi connectivity index (χ1) is 10.2. The van der Waals surface area contributed by atoms with Crippen LogP contribution in [-0.2, 0) is 10.3 Å². The molecular formula is C17H23NO3. The zero-order valence-corrected chi connectivity index (χ0v) is 12.3. The Morgan fingerprint density at radius 3 is 2.62 bits per heavy atom. The third-order valence-electron chi connectivity index (χ3n) is 4.75. The van der Waals surface area contributed by atoms with Gasteiger partial charge in [0.05, 0.1) is 6.61 Å². The lowest BCUT2D eigenvalue weighted by Crippen LogP contribution is -2.55. The summed E-state index contributed by atoms with van der Waals surface area (Å²) in [5.41, 5.74) is -0.225. The van der Waals surface area contributed by atoms with Gasteiger partial charge in [0.1, 0.15) is 11.3 Å². The molecule has 1 aromatic rings. The van der Waals surface area contributed by atoms with E-state index < -0.39 is 11.5 Å². The monoisotopic (exact) mass is 289 g/mol. The third kappa shape index (κ3) is 2.77. The minimum Gasteiger partial charge on any atom is -0.493 e. The van der Waals surface area contributed by atoms with Gasteiger partial charge in [0.15, 0.2) is 0 Å². The number of aliphatic carboxylic acids is 1. The van der Waals surface area contributed by atoms with Gasteiger partial charge in [0.25, 0.3) is 0 Å². The van der Waals surface area contributed by atoms with E-state index in [0.717, 1.165) is 18.4 Å². The van der Waals surface area contributed by atoms with Crippen LogP contribution in [0.4, 0.5) is 0 Å². The Morgan fingerprint density at radius 2 is 1.90 bits per heavy atom. The smallest absolute Gasteiger partial charge is 0.328 e. The molecule has 0 radical (unpaired) electrons. The van der Waals surface area contributed by atoms with Gasteiger partial charge < -0.3 is 9.84 Å². The molecule has 1 aliphatic carbocycles. The van der Waals surface area contributed by atoms with Crippen LogP contribution in [0.2, 0.25) is 0 Å². The summed E-state index contributed by atoms with van der Waals surface area (Å²) in [6, 6.07) is 7.81. The summed E-state index contributed by atoms with van der Waals surface area (Å²) in [5, 5.41) is 13.4. The van der Waals surface area contributed by atoms with Crippen LogP contribution in [0.25, 0.3) is 0 Å². The summed E-state index contributed by atoms with van der Waals surface area (Å²) in [7, 11) is 0. The van der Waals surface area contributed by atoms with Gasteiger partial charge >= 0.3 is 5.97 Å². The molecule has 0 bridgehead atoms. The number of carboxylic acid groups (broad SMARTS) is 1. The van der Waals surface area contributed by atoms with Crippen molar-refractivity contribution in [3.63, 3.8) is 0 Å². The third-order valence-corrected chi connectivity index (χ3v) is 4.75. The van der Waals surface area contributed by atoms with E-state index in [1.165, 1.54) is 25.7 Å². The van der Waals surface area contributed by atoms with Gasteiger partial charge in [-0.1, -0.05) is 43.9 Å². The van der Waals surface area contributed by atoms with Crippen LogP contribution in [0.15, 0.2) is 24.3 Å². The molecule has 0 spiro atoms. The molecule has 0 amide bonds. The van der Waals surface area contributed by atoms with Crippen molar-refractivity contribution in [2.24, 2.45) is 0 Å². The van der Waals surface area contributed by atoms with Crippen LogP contribution < -0.4 is 10.1 Å². The molecule has 4 nitrogen and oxygen atoms in total. The predicted molar refractivity (Wildman–Crippen MR) is 80.5 cm³/mol. The highest BCUT2D eigenvalue weighted by molar-refractivity contribution is 5.82. The number of hydrogen-bond donors (Lipinski definition) is 2. The Labute approximate surface area is 125 Å². The van der Waals surface area contributed by atoms with Gasteiger partial charge in [-0.25, -0.2) is 4.79 Å². The van der Waals surface area contributed by atoms with Gasteiger partial charge in [-0.2, -0.15) is 0 Å².